The minimum atomic E-state index is -0.578. The van der Waals surface area contributed by atoms with Crippen LogP contribution in [0.25, 0.3) is 0 Å². The number of hydrogen-bond donors (Lipinski definition) is 1. The van der Waals surface area contributed by atoms with E-state index in [1.807, 2.05) is 12.3 Å². The molecule has 0 aliphatic carbocycles. The van der Waals surface area contributed by atoms with E-state index in [9.17, 15) is 4.79 Å². The Morgan fingerprint density at radius 1 is 1.56 bits per heavy atom. The summed E-state index contributed by atoms with van der Waals surface area (Å²) in [5.74, 6) is 0.254. The van der Waals surface area contributed by atoms with Crippen molar-refractivity contribution in [3.63, 3.8) is 0 Å². The second-order valence-corrected chi connectivity index (χ2v) is 5.89. The number of hydrogen-bond acceptors (Lipinski definition) is 4. The van der Waals surface area contributed by atoms with E-state index in [0.29, 0.717) is 25.5 Å². The summed E-state index contributed by atoms with van der Waals surface area (Å²) >= 11 is 1.64. The largest absolute Gasteiger partial charge is 0.466 e. The Labute approximate surface area is 113 Å². The van der Waals surface area contributed by atoms with Crippen molar-refractivity contribution in [1.82, 2.24) is 0 Å². The van der Waals surface area contributed by atoms with Crippen molar-refractivity contribution in [3.05, 3.63) is 22.4 Å². The predicted molar refractivity (Wildman–Crippen MR) is 75.6 cm³/mol. The molecule has 0 aliphatic heterocycles. The van der Waals surface area contributed by atoms with Gasteiger partial charge < -0.3 is 10.5 Å². The van der Waals surface area contributed by atoms with E-state index in [1.165, 1.54) is 5.56 Å². The standard InChI is InChI=1S/C14H23NO2S/c1-4-17-13(16)14(10-15,7-11(2)3)8-12-5-6-18-9-12/h5-6,9,11H,4,7-8,10,15H2,1-3H3. The van der Waals surface area contributed by atoms with Crippen LogP contribution in [0.5, 0.6) is 0 Å². The lowest BCUT2D eigenvalue weighted by molar-refractivity contribution is -0.156. The summed E-state index contributed by atoms with van der Waals surface area (Å²) in [6.07, 6.45) is 1.43. The van der Waals surface area contributed by atoms with Gasteiger partial charge in [-0.1, -0.05) is 13.8 Å². The van der Waals surface area contributed by atoms with Gasteiger partial charge in [0.15, 0.2) is 0 Å². The van der Waals surface area contributed by atoms with Gasteiger partial charge in [-0.25, -0.2) is 0 Å². The lowest BCUT2D eigenvalue weighted by atomic mass is 9.75. The molecule has 4 heteroatoms. The van der Waals surface area contributed by atoms with Crippen molar-refractivity contribution in [3.8, 4) is 0 Å². The third kappa shape index (κ3) is 3.82. The van der Waals surface area contributed by atoms with E-state index in [0.717, 1.165) is 6.42 Å². The first kappa shape index (κ1) is 15.2. The molecule has 1 rings (SSSR count). The van der Waals surface area contributed by atoms with Crippen LogP contribution >= 0.6 is 11.3 Å². The summed E-state index contributed by atoms with van der Waals surface area (Å²) in [5, 5.41) is 4.10. The Kier molecular flexibility index (Phi) is 5.82. The molecule has 3 nitrogen and oxygen atoms in total. The topological polar surface area (TPSA) is 52.3 Å². The molecule has 2 N–H and O–H groups in total. The Balaban J connectivity index is 2.93. The summed E-state index contributed by atoms with van der Waals surface area (Å²) in [7, 11) is 0. The van der Waals surface area contributed by atoms with Gasteiger partial charge in [0.2, 0.25) is 0 Å². The fourth-order valence-electron chi connectivity index (χ4n) is 2.32. The maximum absolute atomic E-state index is 12.3. The van der Waals surface area contributed by atoms with Crippen molar-refractivity contribution in [2.75, 3.05) is 13.2 Å². The first-order valence-electron chi connectivity index (χ1n) is 6.42. The van der Waals surface area contributed by atoms with Crippen LogP contribution in [-0.2, 0) is 16.0 Å². The van der Waals surface area contributed by atoms with Gasteiger partial charge in [-0.05, 0) is 48.1 Å². The van der Waals surface area contributed by atoms with Gasteiger partial charge in [-0.15, -0.1) is 0 Å². The highest BCUT2D eigenvalue weighted by Gasteiger charge is 2.39. The van der Waals surface area contributed by atoms with Gasteiger partial charge in [-0.3, -0.25) is 4.79 Å². The fourth-order valence-corrected chi connectivity index (χ4v) is 2.98. The number of carbonyl (C=O) groups excluding carboxylic acids is 1. The van der Waals surface area contributed by atoms with Gasteiger partial charge in [0.1, 0.15) is 0 Å². The van der Waals surface area contributed by atoms with Gasteiger partial charge in [-0.2, -0.15) is 11.3 Å². The molecule has 1 atom stereocenters. The third-order valence-corrected chi connectivity index (χ3v) is 3.75. The molecule has 102 valence electrons. The summed E-state index contributed by atoms with van der Waals surface area (Å²) in [6.45, 7) is 6.79. The zero-order chi connectivity index (χ0) is 13.6. The molecule has 0 radical (unpaired) electrons. The van der Waals surface area contributed by atoms with E-state index in [-0.39, 0.29) is 5.97 Å². The van der Waals surface area contributed by atoms with Crippen LogP contribution in [0.2, 0.25) is 0 Å². The van der Waals surface area contributed by atoms with Crippen molar-refractivity contribution in [1.29, 1.82) is 0 Å². The molecule has 0 saturated carbocycles. The number of rotatable bonds is 7. The van der Waals surface area contributed by atoms with E-state index >= 15 is 0 Å². The first-order valence-corrected chi connectivity index (χ1v) is 7.36. The average Bonchev–Trinajstić information content (AvgIpc) is 2.80. The molecule has 0 saturated heterocycles. The van der Waals surface area contributed by atoms with Crippen LogP contribution in [0, 0.1) is 11.3 Å². The summed E-state index contributed by atoms with van der Waals surface area (Å²) in [5.41, 5.74) is 6.49. The van der Waals surface area contributed by atoms with Crippen molar-refractivity contribution >= 4 is 17.3 Å². The van der Waals surface area contributed by atoms with E-state index < -0.39 is 5.41 Å². The summed E-state index contributed by atoms with van der Waals surface area (Å²) in [6, 6.07) is 2.05. The zero-order valence-electron chi connectivity index (χ0n) is 11.4. The van der Waals surface area contributed by atoms with Crippen molar-refractivity contribution in [2.24, 2.45) is 17.1 Å². The maximum Gasteiger partial charge on any atom is 0.313 e. The second kappa shape index (κ2) is 6.90. The average molecular weight is 269 g/mol. The molecule has 0 aliphatic rings. The number of thiophene rings is 1. The Morgan fingerprint density at radius 3 is 2.72 bits per heavy atom. The monoisotopic (exact) mass is 269 g/mol. The fraction of sp³-hybridized carbons (Fsp3) is 0.643. The molecular formula is C14H23NO2S. The number of ether oxygens (including phenoxy) is 1. The Hall–Kier alpha value is -0.870. The third-order valence-electron chi connectivity index (χ3n) is 3.02. The van der Waals surface area contributed by atoms with E-state index in [1.54, 1.807) is 11.3 Å². The molecule has 18 heavy (non-hydrogen) atoms. The molecule has 0 aromatic carbocycles. The van der Waals surface area contributed by atoms with Crippen LogP contribution < -0.4 is 5.73 Å². The van der Waals surface area contributed by atoms with Gasteiger partial charge in [0.05, 0.1) is 12.0 Å². The SMILES string of the molecule is CCOC(=O)C(CN)(Cc1ccsc1)CC(C)C. The first-order chi connectivity index (χ1) is 8.54. The number of carbonyl (C=O) groups is 1. The smallest absolute Gasteiger partial charge is 0.313 e. The predicted octanol–water partition coefficient (Wildman–Crippen LogP) is 2.84. The van der Waals surface area contributed by atoms with Crippen LogP contribution in [0.15, 0.2) is 16.8 Å². The zero-order valence-corrected chi connectivity index (χ0v) is 12.3. The molecular weight excluding hydrogens is 246 g/mol. The molecule has 1 aromatic rings. The lowest BCUT2D eigenvalue weighted by Crippen LogP contribution is -2.43. The summed E-state index contributed by atoms with van der Waals surface area (Å²) < 4.78 is 5.23. The van der Waals surface area contributed by atoms with Crippen LogP contribution in [0.3, 0.4) is 0 Å². The molecule has 0 amide bonds. The number of esters is 1. The molecule has 0 bridgehead atoms. The van der Waals surface area contributed by atoms with Crippen LogP contribution in [0.4, 0.5) is 0 Å². The minimum absolute atomic E-state index is 0.160. The summed E-state index contributed by atoms with van der Waals surface area (Å²) in [4.78, 5) is 12.3. The minimum Gasteiger partial charge on any atom is -0.466 e. The van der Waals surface area contributed by atoms with Crippen molar-refractivity contribution in [2.45, 2.75) is 33.6 Å². The molecule has 1 aromatic heterocycles. The molecule has 1 unspecified atom stereocenters. The van der Waals surface area contributed by atoms with Crippen molar-refractivity contribution < 1.29 is 9.53 Å². The van der Waals surface area contributed by atoms with Gasteiger partial charge >= 0.3 is 5.97 Å². The maximum atomic E-state index is 12.3. The van der Waals surface area contributed by atoms with Crippen LogP contribution in [-0.4, -0.2) is 19.1 Å². The lowest BCUT2D eigenvalue weighted by Gasteiger charge is -2.31. The second-order valence-electron chi connectivity index (χ2n) is 5.11. The molecule has 1 heterocycles. The van der Waals surface area contributed by atoms with E-state index in [4.69, 9.17) is 10.5 Å². The molecule has 0 fully saturated rings. The molecule has 0 spiro atoms. The highest BCUT2D eigenvalue weighted by atomic mass is 32.1. The highest BCUT2D eigenvalue weighted by Crippen LogP contribution is 2.32. The van der Waals surface area contributed by atoms with Gasteiger partial charge in [0, 0.05) is 6.54 Å². The normalized spacial score (nSPS) is 14.5. The number of nitrogens with two attached hydrogens (primary N) is 1. The Morgan fingerprint density at radius 2 is 2.28 bits per heavy atom. The quantitative estimate of drug-likeness (QED) is 0.774. The Bertz CT molecular complexity index is 362. The van der Waals surface area contributed by atoms with E-state index in [2.05, 4.69) is 25.3 Å². The van der Waals surface area contributed by atoms with Crippen LogP contribution in [0.1, 0.15) is 32.8 Å². The van der Waals surface area contributed by atoms with Gasteiger partial charge in [0.25, 0.3) is 0 Å². The highest BCUT2D eigenvalue weighted by molar-refractivity contribution is 7.07.